The zero-order valence-electron chi connectivity index (χ0n) is 19.9. The van der Waals surface area contributed by atoms with Crippen molar-refractivity contribution < 1.29 is 27.5 Å². The van der Waals surface area contributed by atoms with Gasteiger partial charge in [0.1, 0.15) is 11.3 Å². The molecule has 0 atom stereocenters. The van der Waals surface area contributed by atoms with Crippen LogP contribution in [0.2, 0.25) is 5.02 Å². The Hall–Kier alpha value is -3.90. The van der Waals surface area contributed by atoms with Gasteiger partial charge in [0.25, 0.3) is 5.56 Å². The van der Waals surface area contributed by atoms with Gasteiger partial charge in [-0.25, -0.2) is 18.9 Å². The van der Waals surface area contributed by atoms with Crippen molar-refractivity contribution in [2.75, 3.05) is 26.0 Å². The fourth-order valence-electron chi connectivity index (χ4n) is 3.99. The van der Waals surface area contributed by atoms with Crippen molar-refractivity contribution >= 4 is 35.0 Å². The molecule has 1 N–H and O–H groups in total. The standard InChI is InChI=1S/C24H20ClF3N4O5/c1-4-37-21(34)15-12-30(14-8-9-18-17(10-14)29-22(35)32(18,2)3)23(36)31(20(15)33)11-13-6-5-7-16(19(13)25)24(26,27)28/h5-10,12H,4,11H2,1-3H3/p+1. The number of aromatic nitrogens is 2. The third-order valence-electron chi connectivity index (χ3n) is 5.99. The number of anilines is 1. The predicted molar refractivity (Wildman–Crippen MR) is 130 cm³/mol. The number of carbonyl (C=O) groups is 2. The number of carbonyl (C=O) groups excluding carboxylic acids is 2. The fourth-order valence-corrected chi connectivity index (χ4v) is 4.29. The Morgan fingerprint density at radius 3 is 2.49 bits per heavy atom. The zero-order chi connectivity index (χ0) is 27.3. The molecule has 1 aliphatic heterocycles. The lowest BCUT2D eigenvalue weighted by molar-refractivity contribution is -0.137. The van der Waals surface area contributed by atoms with E-state index in [1.807, 2.05) is 0 Å². The highest BCUT2D eigenvalue weighted by Gasteiger charge is 2.40. The molecule has 2 aromatic carbocycles. The van der Waals surface area contributed by atoms with E-state index in [2.05, 4.69) is 5.32 Å². The van der Waals surface area contributed by atoms with Crippen molar-refractivity contribution in [2.24, 2.45) is 0 Å². The summed E-state index contributed by atoms with van der Waals surface area (Å²) < 4.78 is 46.5. The summed E-state index contributed by atoms with van der Waals surface area (Å²) in [5.41, 5.74) is -2.55. The molecule has 2 heterocycles. The van der Waals surface area contributed by atoms with Crippen LogP contribution in [-0.2, 0) is 17.5 Å². The fraction of sp³-hybridized carbons (Fsp3) is 0.250. The first-order valence-corrected chi connectivity index (χ1v) is 11.3. The highest BCUT2D eigenvalue weighted by molar-refractivity contribution is 6.32. The van der Waals surface area contributed by atoms with E-state index in [4.69, 9.17) is 16.3 Å². The minimum absolute atomic E-state index is 0.0608. The van der Waals surface area contributed by atoms with Gasteiger partial charge in [0.05, 0.1) is 43.5 Å². The van der Waals surface area contributed by atoms with E-state index in [0.717, 1.165) is 22.9 Å². The number of quaternary nitrogens is 1. The number of rotatable bonds is 5. The normalized spacial score (nSPS) is 14.3. The minimum atomic E-state index is -4.76. The van der Waals surface area contributed by atoms with Crippen LogP contribution in [0, 0.1) is 0 Å². The van der Waals surface area contributed by atoms with Crippen molar-refractivity contribution in [3.8, 4) is 5.69 Å². The number of nitrogens with zero attached hydrogens (tertiary/aromatic N) is 3. The van der Waals surface area contributed by atoms with Gasteiger partial charge in [-0.3, -0.25) is 19.2 Å². The van der Waals surface area contributed by atoms with Gasteiger partial charge in [0.2, 0.25) is 0 Å². The first kappa shape index (κ1) is 26.2. The van der Waals surface area contributed by atoms with Crippen molar-refractivity contribution in [2.45, 2.75) is 19.6 Å². The van der Waals surface area contributed by atoms with Gasteiger partial charge in [0, 0.05) is 12.3 Å². The molecule has 0 unspecified atom stereocenters. The van der Waals surface area contributed by atoms with Crippen molar-refractivity contribution in [1.82, 2.24) is 13.6 Å². The quantitative estimate of drug-likeness (QED) is 0.392. The van der Waals surface area contributed by atoms with Crippen LogP contribution in [0.25, 0.3) is 5.69 Å². The molecule has 3 aromatic rings. The molecule has 0 fully saturated rings. The van der Waals surface area contributed by atoms with E-state index in [0.29, 0.717) is 15.9 Å². The van der Waals surface area contributed by atoms with E-state index >= 15 is 0 Å². The molecular formula is C24H21ClF3N4O5+. The Balaban J connectivity index is 1.92. The van der Waals surface area contributed by atoms with Gasteiger partial charge in [-0.05, 0) is 30.7 Å². The number of alkyl halides is 3. The Bertz CT molecular complexity index is 1560. The average Bonchev–Trinajstić information content (AvgIpc) is 3.04. The number of esters is 1. The number of fused-ring (bicyclic) bond motifs is 1. The molecule has 0 spiro atoms. The number of hydrogen-bond donors (Lipinski definition) is 1. The molecule has 13 heteroatoms. The molecule has 194 valence electrons. The van der Waals surface area contributed by atoms with Crippen LogP contribution < -0.4 is 21.0 Å². The van der Waals surface area contributed by atoms with Gasteiger partial charge in [0.15, 0.2) is 5.69 Å². The van der Waals surface area contributed by atoms with Crippen molar-refractivity contribution in [3.05, 3.63) is 85.1 Å². The highest BCUT2D eigenvalue weighted by Crippen LogP contribution is 2.37. The van der Waals surface area contributed by atoms with Crippen LogP contribution >= 0.6 is 11.6 Å². The molecule has 1 aliphatic rings. The van der Waals surface area contributed by atoms with E-state index in [1.54, 1.807) is 20.2 Å². The van der Waals surface area contributed by atoms with Crippen LogP contribution in [0.3, 0.4) is 0 Å². The Morgan fingerprint density at radius 2 is 1.84 bits per heavy atom. The maximum atomic E-state index is 13.4. The topological polar surface area (TPSA) is 99.4 Å². The predicted octanol–water partition coefficient (Wildman–Crippen LogP) is 4.01. The number of urea groups is 1. The second-order valence-electron chi connectivity index (χ2n) is 8.67. The average molecular weight is 538 g/mol. The zero-order valence-corrected chi connectivity index (χ0v) is 20.6. The van der Waals surface area contributed by atoms with Crippen LogP contribution in [0.15, 0.2) is 52.2 Å². The molecule has 2 amide bonds. The summed E-state index contributed by atoms with van der Waals surface area (Å²) in [5.74, 6) is -1.02. The third-order valence-corrected chi connectivity index (χ3v) is 6.43. The molecule has 1 aromatic heterocycles. The first-order valence-electron chi connectivity index (χ1n) is 11.0. The Morgan fingerprint density at radius 1 is 1.14 bits per heavy atom. The Labute approximate surface area is 212 Å². The molecule has 0 radical (unpaired) electrons. The maximum Gasteiger partial charge on any atom is 0.425 e. The lowest BCUT2D eigenvalue weighted by Gasteiger charge is -2.19. The summed E-state index contributed by atoms with van der Waals surface area (Å²) in [5, 5.41) is 2.03. The van der Waals surface area contributed by atoms with Gasteiger partial charge in [-0.1, -0.05) is 23.7 Å². The summed E-state index contributed by atoms with van der Waals surface area (Å²) >= 11 is 5.98. The molecule has 0 bridgehead atoms. The van der Waals surface area contributed by atoms with Crippen LogP contribution in [-0.4, -0.2) is 41.8 Å². The lowest BCUT2D eigenvalue weighted by atomic mass is 10.1. The van der Waals surface area contributed by atoms with Crippen molar-refractivity contribution in [3.63, 3.8) is 0 Å². The molecule has 37 heavy (non-hydrogen) atoms. The SMILES string of the molecule is CCOC(=O)c1cn(-c2ccc3c(c2)NC(=O)[N+]3(C)C)c(=O)n(Cc2cccc(C(F)(F)F)c2Cl)c1=O. The van der Waals surface area contributed by atoms with Gasteiger partial charge >= 0.3 is 23.9 Å². The van der Waals surface area contributed by atoms with Gasteiger partial charge in [-0.15, -0.1) is 0 Å². The number of nitrogens with one attached hydrogen (secondary N) is 1. The molecule has 0 saturated carbocycles. The lowest BCUT2D eigenvalue weighted by Crippen LogP contribution is -2.44. The summed E-state index contributed by atoms with van der Waals surface area (Å²) in [6.45, 7) is 0.825. The van der Waals surface area contributed by atoms with Crippen LogP contribution in [0.5, 0.6) is 0 Å². The van der Waals surface area contributed by atoms with Gasteiger partial charge < -0.3 is 4.74 Å². The number of hydrogen-bond acceptors (Lipinski definition) is 5. The molecule has 0 aliphatic carbocycles. The number of ether oxygens (including phenoxy) is 1. The molecule has 9 nitrogen and oxygen atoms in total. The summed E-state index contributed by atoms with van der Waals surface area (Å²) in [7, 11) is 3.34. The minimum Gasteiger partial charge on any atom is -0.462 e. The van der Waals surface area contributed by atoms with E-state index in [1.165, 1.54) is 25.1 Å². The second kappa shape index (κ2) is 9.20. The molecule has 0 saturated heterocycles. The summed E-state index contributed by atoms with van der Waals surface area (Å²) in [6, 6.07) is 7.43. The van der Waals surface area contributed by atoms with Crippen molar-refractivity contribution in [1.29, 1.82) is 0 Å². The number of halogens is 4. The van der Waals surface area contributed by atoms with Crippen LogP contribution in [0.4, 0.5) is 29.3 Å². The maximum absolute atomic E-state index is 13.4. The Kier molecular flexibility index (Phi) is 6.51. The number of amides is 2. The number of benzene rings is 2. The summed E-state index contributed by atoms with van der Waals surface area (Å²) in [4.78, 5) is 51.4. The van der Waals surface area contributed by atoms with E-state index < -0.39 is 46.1 Å². The smallest absolute Gasteiger partial charge is 0.425 e. The van der Waals surface area contributed by atoms with E-state index in [9.17, 15) is 32.3 Å². The van der Waals surface area contributed by atoms with Gasteiger partial charge in [-0.2, -0.15) is 13.2 Å². The monoisotopic (exact) mass is 537 g/mol. The summed E-state index contributed by atoms with van der Waals surface area (Å²) in [6.07, 6.45) is -3.75. The molecular weight excluding hydrogens is 517 g/mol. The third kappa shape index (κ3) is 4.53. The second-order valence-corrected chi connectivity index (χ2v) is 9.05. The highest BCUT2D eigenvalue weighted by atomic mass is 35.5. The van der Waals surface area contributed by atoms with Crippen LogP contribution in [0.1, 0.15) is 28.4 Å². The largest absolute Gasteiger partial charge is 0.462 e. The molecule has 4 rings (SSSR count). The first-order chi connectivity index (χ1) is 17.3. The van der Waals surface area contributed by atoms with E-state index in [-0.39, 0.29) is 28.4 Å².